The Balaban J connectivity index is 1.73. The van der Waals surface area contributed by atoms with E-state index in [9.17, 15) is 19.2 Å². The number of carbonyl (C=O) groups excluding carboxylic acids is 4. The number of nitrogens with two attached hydrogens (primary N) is 1. The number of rotatable bonds is 9. The minimum Gasteiger partial charge on any atom is -0.427 e. The van der Waals surface area contributed by atoms with E-state index in [0.717, 1.165) is 11.3 Å². The van der Waals surface area contributed by atoms with Crippen LogP contribution in [0.4, 0.5) is 5.13 Å². The molecule has 3 rings (SSSR count). The number of amides is 2. The highest BCUT2D eigenvalue weighted by Crippen LogP contribution is 2.40. The highest BCUT2D eigenvalue weighted by Gasteiger charge is 2.54. The van der Waals surface area contributed by atoms with Crippen LogP contribution < -0.4 is 11.1 Å². The second-order valence-electron chi connectivity index (χ2n) is 8.67. The lowest BCUT2D eigenvalue weighted by Gasteiger charge is -2.49. The molecular formula is C21H27N5O8S2. The summed E-state index contributed by atoms with van der Waals surface area (Å²) in [6.07, 6.45) is 0. The van der Waals surface area contributed by atoms with Crippen LogP contribution in [0.25, 0.3) is 0 Å². The Hall–Kier alpha value is -3.17. The van der Waals surface area contributed by atoms with E-state index in [0.29, 0.717) is 11.3 Å². The van der Waals surface area contributed by atoms with E-state index < -0.39 is 47.4 Å². The number of methoxy groups -OCH3 is 1. The molecule has 0 bridgehead atoms. The number of aromatic nitrogens is 1. The molecule has 1 aromatic rings. The van der Waals surface area contributed by atoms with Crippen molar-refractivity contribution < 1.29 is 38.2 Å². The van der Waals surface area contributed by atoms with Gasteiger partial charge in [-0.05, 0) is 26.3 Å². The maximum atomic E-state index is 13.1. The number of thiazole rings is 1. The molecule has 3 heterocycles. The van der Waals surface area contributed by atoms with E-state index in [2.05, 4.69) is 15.5 Å². The molecule has 0 aromatic carbocycles. The van der Waals surface area contributed by atoms with Crippen molar-refractivity contribution in [2.75, 3.05) is 39.1 Å². The molecule has 2 aliphatic rings. The Morgan fingerprint density at radius 2 is 2.00 bits per heavy atom. The van der Waals surface area contributed by atoms with Crippen molar-refractivity contribution in [1.29, 1.82) is 0 Å². The summed E-state index contributed by atoms with van der Waals surface area (Å²) in [7, 11) is 2.73. The molecule has 196 valence electrons. The molecule has 1 saturated heterocycles. The van der Waals surface area contributed by atoms with Gasteiger partial charge in [-0.2, -0.15) is 0 Å². The highest BCUT2D eigenvalue weighted by atomic mass is 32.2. The minimum atomic E-state index is -0.939. The van der Waals surface area contributed by atoms with Gasteiger partial charge in [-0.3, -0.25) is 19.3 Å². The topological polar surface area (TPSA) is 172 Å². The largest absolute Gasteiger partial charge is 0.427 e. The number of hydrogen-bond acceptors (Lipinski definition) is 13. The molecule has 0 radical (unpaired) electrons. The molecule has 2 aliphatic heterocycles. The van der Waals surface area contributed by atoms with Gasteiger partial charge in [-0.25, -0.2) is 9.78 Å². The molecule has 0 spiro atoms. The molecule has 1 aromatic heterocycles. The molecule has 2 amide bonds. The van der Waals surface area contributed by atoms with E-state index in [1.807, 2.05) is 0 Å². The molecule has 0 aliphatic carbocycles. The second kappa shape index (κ2) is 11.3. The van der Waals surface area contributed by atoms with Crippen molar-refractivity contribution in [3.8, 4) is 0 Å². The van der Waals surface area contributed by atoms with E-state index in [-0.39, 0.29) is 28.8 Å². The minimum absolute atomic E-state index is 0.000892. The lowest BCUT2D eigenvalue weighted by Crippen LogP contribution is -2.71. The number of nitrogens with zero attached hydrogens (tertiary/aromatic N) is 3. The Bertz CT molecular complexity index is 1110. The van der Waals surface area contributed by atoms with E-state index in [1.54, 1.807) is 20.8 Å². The summed E-state index contributed by atoms with van der Waals surface area (Å²) in [5.41, 5.74) is 5.46. The number of nitrogen functional groups attached to an aromatic ring is 1. The molecule has 13 nitrogen and oxygen atoms in total. The average Bonchev–Trinajstić information content (AvgIpc) is 3.25. The highest BCUT2D eigenvalue weighted by molar-refractivity contribution is 8.00. The molecule has 2 atom stereocenters. The summed E-state index contributed by atoms with van der Waals surface area (Å²) in [6, 6.07) is -0.939. The van der Waals surface area contributed by atoms with E-state index in [4.69, 9.17) is 24.8 Å². The van der Waals surface area contributed by atoms with Crippen molar-refractivity contribution >= 4 is 57.7 Å². The first-order valence-electron chi connectivity index (χ1n) is 10.6. The van der Waals surface area contributed by atoms with Crippen LogP contribution in [0.15, 0.2) is 21.8 Å². The zero-order chi connectivity index (χ0) is 26.6. The number of oxime groups is 1. The van der Waals surface area contributed by atoms with Gasteiger partial charge in [-0.15, -0.1) is 23.1 Å². The first kappa shape index (κ1) is 27.4. The SMILES string of the molecule is COCC1=C(C(=O)OCOC(=O)C(C)(C)C)N2C(=O)C(NC(=O)C(=NOC)c3csc(N)n3)[C@H]2SC1. The van der Waals surface area contributed by atoms with Crippen LogP contribution in [0.1, 0.15) is 26.5 Å². The second-order valence-corrected chi connectivity index (χ2v) is 10.7. The van der Waals surface area contributed by atoms with Crippen molar-refractivity contribution in [1.82, 2.24) is 15.2 Å². The molecule has 1 fully saturated rings. The Kier molecular flexibility index (Phi) is 8.58. The number of nitrogens with one attached hydrogen (secondary N) is 1. The number of esters is 2. The normalized spacial score (nSPS) is 19.9. The molecule has 1 unspecified atom stereocenters. The van der Waals surface area contributed by atoms with Crippen LogP contribution in [0.3, 0.4) is 0 Å². The van der Waals surface area contributed by atoms with Crippen molar-refractivity contribution in [2.45, 2.75) is 32.2 Å². The predicted molar refractivity (Wildman–Crippen MR) is 131 cm³/mol. The number of anilines is 1. The number of thioether (sulfide) groups is 1. The summed E-state index contributed by atoms with van der Waals surface area (Å²) in [5.74, 6) is -2.25. The van der Waals surface area contributed by atoms with Crippen LogP contribution in [-0.2, 0) is 38.2 Å². The van der Waals surface area contributed by atoms with Gasteiger partial charge < -0.3 is 30.1 Å². The number of carbonyl (C=O) groups is 4. The van der Waals surface area contributed by atoms with Gasteiger partial charge in [0.2, 0.25) is 6.79 Å². The first-order valence-corrected chi connectivity index (χ1v) is 12.6. The number of hydrogen-bond donors (Lipinski definition) is 2. The summed E-state index contributed by atoms with van der Waals surface area (Å²) >= 11 is 2.47. The van der Waals surface area contributed by atoms with Gasteiger partial charge in [0.25, 0.3) is 11.8 Å². The molecule has 3 N–H and O–H groups in total. The van der Waals surface area contributed by atoms with Crippen molar-refractivity contribution in [3.05, 3.63) is 22.3 Å². The fourth-order valence-corrected chi connectivity index (χ4v) is 5.16. The fraction of sp³-hybridized carbons (Fsp3) is 0.524. The third-order valence-electron chi connectivity index (χ3n) is 5.00. The van der Waals surface area contributed by atoms with Crippen molar-refractivity contribution in [2.24, 2.45) is 10.6 Å². The standard InChI is InChI=1S/C21H27N5O8S2/c1-21(2,3)19(30)34-9-33-18(29)14-10(6-31-4)7-35-17-13(16(28)26(14)17)24-15(27)12(25-32-5)11-8-36-20(22)23-11/h8,13,17H,6-7,9H2,1-5H3,(H2,22,23)(H,24,27)/t13?,17-/m1/s1. The first-order chi connectivity index (χ1) is 17.0. The lowest BCUT2D eigenvalue weighted by molar-refractivity contribution is -0.173. The van der Waals surface area contributed by atoms with E-state index >= 15 is 0 Å². The number of fused-ring (bicyclic) bond motifs is 1. The van der Waals surface area contributed by atoms with Gasteiger partial charge in [0.05, 0.1) is 12.0 Å². The van der Waals surface area contributed by atoms with Gasteiger partial charge in [0.1, 0.15) is 29.9 Å². The Morgan fingerprint density at radius 1 is 1.28 bits per heavy atom. The number of ether oxygens (including phenoxy) is 3. The van der Waals surface area contributed by atoms with Crippen LogP contribution >= 0.6 is 23.1 Å². The van der Waals surface area contributed by atoms with Gasteiger partial charge in [0.15, 0.2) is 10.8 Å². The maximum Gasteiger partial charge on any atom is 0.358 e. The third-order valence-corrected chi connectivity index (χ3v) is 7.01. The fourth-order valence-electron chi connectivity index (χ4n) is 3.28. The quantitative estimate of drug-likeness (QED) is 0.146. The maximum absolute atomic E-state index is 13.1. The average molecular weight is 542 g/mol. The molecule has 15 heteroatoms. The summed E-state index contributed by atoms with van der Waals surface area (Å²) in [6.45, 7) is 4.48. The zero-order valence-electron chi connectivity index (χ0n) is 20.4. The summed E-state index contributed by atoms with van der Waals surface area (Å²) in [4.78, 5) is 60.8. The Morgan fingerprint density at radius 3 is 2.58 bits per heavy atom. The van der Waals surface area contributed by atoms with Crippen molar-refractivity contribution in [3.63, 3.8) is 0 Å². The summed E-state index contributed by atoms with van der Waals surface area (Å²) in [5, 5.41) is 7.54. The van der Waals surface area contributed by atoms with E-state index in [1.165, 1.54) is 36.3 Å². The molecular weight excluding hydrogens is 514 g/mol. The monoisotopic (exact) mass is 541 g/mol. The molecule has 36 heavy (non-hydrogen) atoms. The number of β-lactam (4-membered cyclic amide) rings is 1. The molecule has 0 saturated carbocycles. The van der Waals surface area contributed by atoms with Crippen LogP contribution in [-0.4, -0.2) is 84.1 Å². The van der Waals surface area contributed by atoms with Crippen LogP contribution in [0.2, 0.25) is 0 Å². The zero-order valence-corrected chi connectivity index (χ0v) is 22.0. The van der Waals surface area contributed by atoms with Gasteiger partial charge in [0, 0.05) is 18.2 Å². The van der Waals surface area contributed by atoms with Gasteiger partial charge >= 0.3 is 11.9 Å². The Labute approximate surface area is 215 Å². The van der Waals surface area contributed by atoms with Crippen LogP contribution in [0.5, 0.6) is 0 Å². The third kappa shape index (κ3) is 5.79. The smallest absolute Gasteiger partial charge is 0.358 e. The van der Waals surface area contributed by atoms with Crippen LogP contribution in [0, 0.1) is 5.41 Å². The van der Waals surface area contributed by atoms with Gasteiger partial charge in [-0.1, -0.05) is 5.16 Å². The summed E-state index contributed by atoms with van der Waals surface area (Å²) < 4.78 is 15.3. The predicted octanol–water partition coefficient (Wildman–Crippen LogP) is 0.466. The lowest BCUT2D eigenvalue weighted by atomic mass is 9.98.